The van der Waals surface area contributed by atoms with E-state index in [2.05, 4.69) is 47.1 Å². The third kappa shape index (κ3) is 2.74. The molecule has 2 nitrogen and oxygen atoms in total. The number of nitrogens with two attached hydrogens (primary N) is 1. The van der Waals surface area contributed by atoms with Crippen molar-refractivity contribution in [1.82, 2.24) is 0 Å². The van der Waals surface area contributed by atoms with Crippen molar-refractivity contribution in [2.75, 3.05) is 7.11 Å². The molecule has 2 rings (SSSR count). The van der Waals surface area contributed by atoms with Gasteiger partial charge in [-0.05, 0) is 67.3 Å². The standard InChI is InChI=1S/C17H20BrNO/c1-11-10-16(20-4)12(2)9-15(11)17(3,19)13-5-7-14(18)8-6-13/h5-10H,19H2,1-4H3. The van der Waals surface area contributed by atoms with Crippen molar-refractivity contribution in [2.24, 2.45) is 5.73 Å². The van der Waals surface area contributed by atoms with Gasteiger partial charge in [0.2, 0.25) is 0 Å². The van der Waals surface area contributed by atoms with E-state index in [0.29, 0.717) is 0 Å². The van der Waals surface area contributed by atoms with Gasteiger partial charge in [-0.2, -0.15) is 0 Å². The van der Waals surface area contributed by atoms with Gasteiger partial charge in [-0.25, -0.2) is 0 Å². The summed E-state index contributed by atoms with van der Waals surface area (Å²) in [5, 5.41) is 0. The minimum absolute atomic E-state index is 0.526. The fourth-order valence-electron chi connectivity index (χ4n) is 2.52. The van der Waals surface area contributed by atoms with Gasteiger partial charge in [-0.15, -0.1) is 0 Å². The van der Waals surface area contributed by atoms with E-state index in [1.165, 1.54) is 0 Å². The first-order valence-electron chi connectivity index (χ1n) is 6.57. The minimum atomic E-state index is -0.526. The lowest BCUT2D eigenvalue weighted by Gasteiger charge is -2.28. The summed E-state index contributed by atoms with van der Waals surface area (Å²) >= 11 is 3.46. The summed E-state index contributed by atoms with van der Waals surface area (Å²) in [7, 11) is 1.69. The van der Waals surface area contributed by atoms with E-state index < -0.39 is 5.54 Å². The molecule has 0 heterocycles. The van der Waals surface area contributed by atoms with Crippen LogP contribution < -0.4 is 10.5 Å². The van der Waals surface area contributed by atoms with Crippen LogP contribution in [0.4, 0.5) is 0 Å². The Hall–Kier alpha value is -1.32. The third-order valence-electron chi connectivity index (χ3n) is 3.75. The lowest BCUT2D eigenvalue weighted by atomic mass is 9.82. The first kappa shape index (κ1) is 15.1. The third-order valence-corrected chi connectivity index (χ3v) is 4.27. The molecule has 0 amide bonds. The zero-order valence-corrected chi connectivity index (χ0v) is 13.9. The van der Waals surface area contributed by atoms with Crippen LogP contribution in [0, 0.1) is 13.8 Å². The first-order chi connectivity index (χ1) is 9.36. The van der Waals surface area contributed by atoms with Gasteiger partial charge in [0.25, 0.3) is 0 Å². The van der Waals surface area contributed by atoms with Gasteiger partial charge in [0.1, 0.15) is 5.75 Å². The maximum atomic E-state index is 6.61. The highest BCUT2D eigenvalue weighted by molar-refractivity contribution is 9.10. The molecule has 0 fully saturated rings. The highest BCUT2D eigenvalue weighted by atomic mass is 79.9. The molecular formula is C17H20BrNO. The van der Waals surface area contributed by atoms with Crippen LogP contribution in [-0.2, 0) is 5.54 Å². The molecule has 20 heavy (non-hydrogen) atoms. The zero-order chi connectivity index (χ0) is 14.9. The average molecular weight is 334 g/mol. The van der Waals surface area contributed by atoms with Gasteiger partial charge in [-0.1, -0.05) is 28.1 Å². The summed E-state index contributed by atoms with van der Waals surface area (Å²) in [6.07, 6.45) is 0. The topological polar surface area (TPSA) is 35.2 Å². The van der Waals surface area contributed by atoms with Crippen LogP contribution in [0.25, 0.3) is 0 Å². The number of hydrogen-bond acceptors (Lipinski definition) is 2. The van der Waals surface area contributed by atoms with Crippen LogP contribution >= 0.6 is 15.9 Å². The molecular weight excluding hydrogens is 314 g/mol. The molecule has 1 atom stereocenters. The second-order valence-electron chi connectivity index (χ2n) is 5.35. The Morgan fingerprint density at radius 3 is 2.20 bits per heavy atom. The van der Waals surface area contributed by atoms with Crippen LogP contribution in [0.3, 0.4) is 0 Å². The lowest BCUT2D eigenvalue weighted by Crippen LogP contribution is -2.35. The maximum Gasteiger partial charge on any atom is 0.122 e. The summed E-state index contributed by atoms with van der Waals surface area (Å²) in [5.41, 5.74) is 10.5. The Kier molecular flexibility index (Phi) is 4.21. The fourth-order valence-corrected chi connectivity index (χ4v) is 2.79. The molecule has 0 aliphatic heterocycles. The lowest BCUT2D eigenvalue weighted by molar-refractivity contribution is 0.410. The van der Waals surface area contributed by atoms with Gasteiger partial charge < -0.3 is 10.5 Å². The Morgan fingerprint density at radius 1 is 1.05 bits per heavy atom. The predicted octanol–water partition coefficient (Wildman–Crippen LogP) is 4.30. The first-order valence-corrected chi connectivity index (χ1v) is 7.36. The van der Waals surface area contributed by atoms with Gasteiger partial charge in [0.05, 0.1) is 12.6 Å². The number of benzene rings is 2. The molecule has 3 heteroatoms. The van der Waals surface area contributed by atoms with Crippen LogP contribution in [0.2, 0.25) is 0 Å². The minimum Gasteiger partial charge on any atom is -0.496 e. The maximum absolute atomic E-state index is 6.61. The van der Waals surface area contributed by atoms with Crippen molar-refractivity contribution in [3.63, 3.8) is 0 Å². The van der Waals surface area contributed by atoms with Gasteiger partial charge in [0.15, 0.2) is 0 Å². The number of halogens is 1. The zero-order valence-electron chi connectivity index (χ0n) is 12.3. The highest BCUT2D eigenvalue weighted by Crippen LogP contribution is 2.33. The van der Waals surface area contributed by atoms with Crippen molar-refractivity contribution in [2.45, 2.75) is 26.3 Å². The Labute approximate surface area is 129 Å². The predicted molar refractivity (Wildman–Crippen MR) is 87.3 cm³/mol. The van der Waals surface area contributed by atoms with Crippen LogP contribution in [-0.4, -0.2) is 7.11 Å². The second-order valence-corrected chi connectivity index (χ2v) is 6.26. The molecule has 106 valence electrons. The van der Waals surface area contributed by atoms with Gasteiger partial charge in [0, 0.05) is 4.47 Å². The van der Waals surface area contributed by atoms with E-state index in [-0.39, 0.29) is 0 Å². The highest BCUT2D eigenvalue weighted by Gasteiger charge is 2.26. The van der Waals surface area contributed by atoms with Crippen LogP contribution in [0.5, 0.6) is 5.75 Å². The number of hydrogen-bond donors (Lipinski definition) is 1. The SMILES string of the molecule is COc1cc(C)c(C(C)(N)c2ccc(Br)cc2)cc1C. The van der Waals surface area contributed by atoms with Crippen molar-refractivity contribution in [1.29, 1.82) is 0 Å². The Morgan fingerprint density at radius 2 is 1.65 bits per heavy atom. The molecule has 2 N–H and O–H groups in total. The summed E-state index contributed by atoms with van der Waals surface area (Å²) in [6, 6.07) is 12.3. The van der Waals surface area contributed by atoms with Gasteiger partial charge in [-0.3, -0.25) is 0 Å². The normalized spacial score (nSPS) is 13.9. The van der Waals surface area contributed by atoms with Crippen molar-refractivity contribution in [3.05, 3.63) is 63.1 Å². The van der Waals surface area contributed by atoms with E-state index in [4.69, 9.17) is 10.5 Å². The largest absolute Gasteiger partial charge is 0.496 e. The van der Waals surface area contributed by atoms with Crippen LogP contribution in [0.15, 0.2) is 40.9 Å². The monoisotopic (exact) mass is 333 g/mol. The molecule has 0 radical (unpaired) electrons. The molecule has 0 aromatic heterocycles. The molecule has 0 bridgehead atoms. The number of ether oxygens (including phenoxy) is 1. The molecule has 2 aromatic carbocycles. The Bertz CT molecular complexity index is 618. The average Bonchev–Trinajstić information content (AvgIpc) is 2.41. The molecule has 2 aromatic rings. The number of methoxy groups -OCH3 is 1. The molecule has 0 aliphatic rings. The second kappa shape index (κ2) is 5.58. The smallest absolute Gasteiger partial charge is 0.122 e. The van der Waals surface area contributed by atoms with E-state index in [9.17, 15) is 0 Å². The molecule has 0 saturated heterocycles. The summed E-state index contributed by atoms with van der Waals surface area (Å²) < 4.78 is 6.42. The van der Waals surface area contributed by atoms with E-state index >= 15 is 0 Å². The summed E-state index contributed by atoms with van der Waals surface area (Å²) in [6.45, 7) is 6.16. The molecule has 0 spiro atoms. The number of aryl methyl sites for hydroxylation is 2. The van der Waals surface area contributed by atoms with Crippen molar-refractivity contribution in [3.8, 4) is 5.75 Å². The number of rotatable bonds is 3. The fraction of sp³-hybridized carbons (Fsp3) is 0.294. The molecule has 0 aliphatic carbocycles. The summed E-state index contributed by atoms with van der Waals surface area (Å²) in [5.74, 6) is 0.901. The van der Waals surface area contributed by atoms with Crippen LogP contribution in [0.1, 0.15) is 29.2 Å². The van der Waals surface area contributed by atoms with E-state index in [0.717, 1.165) is 32.5 Å². The Balaban J connectivity index is 2.54. The van der Waals surface area contributed by atoms with E-state index in [1.54, 1.807) is 7.11 Å². The van der Waals surface area contributed by atoms with Crippen molar-refractivity contribution >= 4 is 15.9 Å². The van der Waals surface area contributed by atoms with Gasteiger partial charge >= 0.3 is 0 Å². The molecule has 1 unspecified atom stereocenters. The van der Waals surface area contributed by atoms with E-state index in [1.807, 2.05) is 26.0 Å². The molecule has 0 saturated carbocycles. The summed E-state index contributed by atoms with van der Waals surface area (Å²) in [4.78, 5) is 0. The van der Waals surface area contributed by atoms with Crippen molar-refractivity contribution < 1.29 is 4.74 Å². The quantitative estimate of drug-likeness (QED) is 0.908.